The molecule has 0 saturated heterocycles. The predicted molar refractivity (Wildman–Crippen MR) is 106 cm³/mol. The molecule has 1 rings (SSSR count). The first kappa shape index (κ1) is 21.8. The molecule has 0 heterocycles. The number of amidine groups is 1. The Morgan fingerprint density at radius 3 is 2.20 bits per heavy atom. The van der Waals surface area contributed by atoms with Gasteiger partial charge in [-0.1, -0.05) is 18.2 Å². The Hall–Kier alpha value is -1.29. The first-order valence-electron chi connectivity index (χ1n) is 7.05. The number of urea groups is 2. The Balaban J connectivity index is 2.95. The number of imide groups is 1. The Kier molecular flexibility index (Phi) is 10.6. The molecule has 7 nitrogen and oxygen atoms in total. The number of hydrogen-bond acceptors (Lipinski definition) is 6. The van der Waals surface area contributed by atoms with E-state index in [1.807, 2.05) is 0 Å². The first-order valence-corrected chi connectivity index (χ1v) is 10.0. The number of carbonyl (C=O) groups excluding carboxylic acids is 2. The number of rotatable bonds is 7. The van der Waals surface area contributed by atoms with E-state index in [0.717, 1.165) is 23.9 Å². The van der Waals surface area contributed by atoms with E-state index >= 15 is 0 Å². The largest absolute Gasteiger partial charge is 0.468 e. The molecule has 0 aliphatic carbocycles. The van der Waals surface area contributed by atoms with Gasteiger partial charge in [0.05, 0.1) is 7.11 Å². The lowest BCUT2D eigenvalue weighted by Gasteiger charge is -2.26. The highest BCUT2D eigenvalue weighted by Crippen LogP contribution is 2.25. The van der Waals surface area contributed by atoms with Crippen molar-refractivity contribution in [3.63, 3.8) is 0 Å². The summed E-state index contributed by atoms with van der Waals surface area (Å²) in [7, 11) is 1.21. The number of alkyl halides is 2. The molecule has 0 radical (unpaired) electrons. The van der Waals surface area contributed by atoms with Crippen LogP contribution in [0, 0.1) is 5.41 Å². The van der Waals surface area contributed by atoms with Crippen molar-refractivity contribution in [3.05, 3.63) is 30.3 Å². The Morgan fingerprint density at radius 2 is 1.72 bits per heavy atom. The van der Waals surface area contributed by atoms with Crippen LogP contribution in [0.15, 0.2) is 30.3 Å². The van der Waals surface area contributed by atoms with E-state index in [1.54, 1.807) is 30.3 Å². The van der Waals surface area contributed by atoms with Gasteiger partial charge < -0.3 is 10.1 Å². The molecule has 0 atom stereocenters. The molecule has 25 heavy (non-hydrogen) atoms. The Labute approximate surface area is 165 Å². The van der Waals surface area contributed by atoms with Gasteiger partial charge in [-0.05, 0) is 36.0 Å². The van der Waals surface area contributed by atoms with Crippen LogP contribution in [0.5, 0.6) is 0 Å². The van der Waals surface area contributed by atoms with E-state index in [0.29, 0.717) is 33.9 Å². The van der Waals surface area contributed by atoms with Crippen molar-refractivity contribution in [2.75, 3.05) is 35.7 Å². The molecule has 0 aromatic heterocycles. The van der Waals surface area contributed by atoms with Crippen LogP contribution in [0.2, 0.25) is 0 Å². The lowest BCUT2D eigenvalue weighted by molar-refractivity contribution is 0.199. The van der Waals surface area contributed by atoms with Gasteiger partial charge in [0.1, 0.15) is 0 Å². The topological polar surface area (TPSA) is 85.7 Å². The summed E-state index contributed by atoms with van der Waals surface area (Å²) in [4.78, 5) is 25.8. The number of nitrogens with one attached hydrogen (secondary N) is 2. The number of carbonyl (C=O) groups is 2. The fourth-order valence-electron chi connectivity index (χ4n) is 1.52. The molecular formula is C14H18Cl2N4O3S2. The van der Waals surface area contributed by atoms with Crippen LogP contribution in [0.3, 0.4) is 0 Å². The number of nitrogens with zero attached hydrogens (tertiary/aromatic N) is 2. The summed E-state index contributed by atoms with van der Waals surface area (Å²) < 4.78 is 6.05. The van der Waals surface area contributed by atoms with Crippen molar-refractivity contribution < 1.29 is 14.3 Å². The van der Waals surface area contributed by atoms with Crippen molar-refractivity contribution in [3.8, 4) is 0 Å². The first-order chi connectivity index (χ1) is 12.0. The molecule has 11 heteroatoms. The zero-order valence-electron chi connectivity index (χ0n) is 13.4. The fraction of sp³-hybridized carbons (Fsp3) is 0.357. The molecule has 138 valence electrons. The monoisotopic (exact) mass is 424 g/mol. The summed E-state index contributed by atoms with van der Waals surface area (Å²) in [6.07, 6.45) is 0. The van der Waals surface area contributed by atoms with E-state index in [-0.39, 0.29) is 0 Å². The van der Waals surface area contributed by atoms with Gasteiger partial charge in [-0.2, -0.15) is 4.90 Å². The molecule has 2 N–H and O–H groups in total. The van der Waals surface area contributed by atoms with Gasteiger partial charge in [-0.3, -0.25) is 5.41 Å². The summed E-state index contributed by atoms with van der Waals surface area (Å²) in [5.41, 5.74) is 0.488. The molecular weight excluding hydrogens is 407 g/mol. The zero-order valence-corrected chi connectivity index (χ0v) is 16.6. The van der Waals surface area contributed by atoms with E-state index < -0.39 is 18.1 Å². The highest BCUT2D eigenvalue weighted by atomic mass is 35.5. The number of anilines is 1. The maximum absolute atomic E-state index is 12.7. The molecule has 0 aliphatic rings. The van der Waals surface area contributed by atoms with Crippen molar-refractivity contribution >= 4 is 70.9 Å². The molecule has 0 bridgehead atoms. The minimum absolute atomic E-state index is 0.327. The quantitative estimate of drug-likeness (QED) is 0.295. The Bertz CT molecular complexity index is 572. The second-order valence-electron chi connectivity index (χ2n) is 4.22. The van der Waals surface area contributed by atoms with E-state index in [4.69, 9.17) is 33.3 Å². The normalized spacial score (nSPS) is 10.0. The summed E-state index contributed by atoms with van der Waals surface area (Å²) in [6, 6.07) is 6.48. The van der Waals surface area contributed by atoms with Crippen LogP contribution in [-0.4, -0.2) is 57.1 Å². The molecule has 1 aromatic rings. The number of halogens is 2. The fourth-order valence-corrected chi connectivity index (χ4v) is 3.54. The molecule has 0 spiro atoms. The molecule has 0 unspecified atom stereocenters. The van der Waals surface area contributed by atoms with Gasteiger partial charge in [0.15, 0.2) is 0 Å². The molecule has 1 aromatic carbocycles. The van der Waals surface area contributed by atoms with E-state index in [1.165, 1.54) is 10.8 Å². The summed E-state index contributed by atoms with van der Waals surface area (Å²) >= 11 is 13.6. The van der Waals surface area contributed by atoms with Crippen LogP contribution in [0.25, 0.3) is 0 Å². The second-order valence-corrected chi connectivity index (χ2v) is 7.28. The van der Waals surface area contributed by atoms with Gasteiger partial charge in [0, 0.05) is 29.0 Å². The second kappa shape index (κ2) is 12.1. The van der Waals surface area contributed by atoms with Crippen LogP contribution in [-0.2, 0) is 4.74 Å². The van der Waals surface area contributed by atoms with Crippen LogP contribution in [0.4, 0.5) is 15.3 Å². The third-order valence-corrected chi connectivity index (χ3v) is 5.56. The smallest absolute Gasteiger partial charge is 0.356 e. The van der Waals surface area contributed by atoms with Crippen LogP contribution < -0.4 is 5.32 Å². The average molecular weight is 425 g/mol. The number of para-hydroxylation sites is 1. The standard InChI is InChI=1S/C14H18Cl2N4O3S2/c1-23-12(17)19(13(21)18-11-5-3-2-4-6-11)14(22)20(24-9-7-15)25-10-8-16/h2-6,17H,7-10H2,1H3,(H,18,21). The zero-order chi connectivity index (χ0) is 18.7. The van der Waals surface area contributed by atoms with Gasteiger partial charge in [-0.15, -0.1) is 23.2 Å². The Morgan fingerprint density at radius 1 is 1.16 bits per heavy atom. The average Bonchev–Trinajstić information content (AvgIpc) is 2.62. The minimum atomic E-state index is -0.800. The maximum Gasteiger partial charge on any atom is 0.356 e. The van der Waals surface area contributed by atoms with E-state index in [9.17, 15) is 9.59 Å². The van der Waals surface area contributed by atoms with Gasteiger partial charge in [0.2, 0.25) is 0 Å². The van der Waals surface area contributed by atoms with E-state index in [2.05, 4.69) is 5.32 Å². The SMILES string of the molecule is COC(=N)N(C(=O)Nc1ccccc1)C(=O)N(SCCCl)SCCCl. The third-order valence-electron chi connectivity index (χ3n) is 2.54. The highest BCUT2D eigenvalue weighted by molar-refractivity contribution is 8.12. The van der Waals surface area contributed by atoms with Gasteiger partial charge in [-0.25, -0.2) is 13.3 Å². The molecule has 0 fully saturated rings. The predicted octanol–water partition coefficient (Wildman–Crippen LogP) is 4.30. The number of ether oxygens (including phenoxy) is 1. The van der Waals surface area contributed by atoms with Crippen LogP contribution in [0.1, 0.15) is 0 Å². The van der Waals surface area contributed by atoms with Crippen molar-refractivity contribution in [1.82, 2.24) is 8.61 Å². The van der Waals surface area contributed by atoms with Gasteiger partial charge >= 0.3 is 18.1 Å². The lowest BCUT2D eigenvalue weighted by atomic mass is 10.3. The van der Waals surface area contributed by atoms with Crippen molar-refractivity contribution in [2.24, 2.45) is 0 Å². The van der Waals surface area contributed by atoms with Crippen molar-refractivity contribution in [1.29, 1.82) is 5.41 Å². The molecule has 0 aliphatic heterocycles. The third kappa shape index (κ3) is 7.23. The summed E-state index contributed by atoms with van der Waals surface area (Å²) in [5, 5.41) is 10.3. The minimum Gasteiger partial charge on any atom is -0.468 e. The number of hydrogen-bond donors (Lipinski definition) is 2. The van der Waals surface area contributed by atoms with Gasteiger partial charge in [0.25, 0.3) is 0 Å². The number of methoxy groups -OCH3 is 1. The molecule has 4 amide bonds. The number of benzene rings is 1. The summed E-state index contributed by atoms with van der Waals surface area (Å²) in [6.45, 7) is 0. The molecule has 0 saturated carbocycles. The lowest BCUT2D eigenvalue weighted by Crippen LogP contribution is -2.48. The van der Waals surface area contributed by atoms with Crippen LogP contribution >= 0.6 is 47.1 Å². The highest BCUT2D eigenvalue weighted by Gasteiger charge is 2.32. The van der Waals surface area contributed by atoms with Crippen molar-refractivity contribution in [2.45, 2.75) is 0 Å². The number of amides is 4. The summed E-state index contributed by atoms with van der Waals surface area (Å²) in [5.74, 6) is 1.57. The maximum atomic E-state index is 12.7.